The van der Waals surface area contributed by atoms with E-state index in [1.807, 2.05) is 29.1 Å². The molecule has 0 aliphatic rings. The minimum absolute atomic E-state index is 0.0895. The van der Waals surface area contributed by atoms with Crippen molar-refractivity contribution in [2.45, 2.75) is 25.9 Å². The summed E-state index contributed by atoms with van der Waals surface area (Å²) in [5.74, 6) is 1.03. The first-order valence-corrected chi connectivity index (χ1v) is 7.31. The fourth-order valence-electron chi connectivity index (χ4n) is 2.34. The number of aromatic nitrogens is 3. The number of hydrogen-bond donors (Lipinski definition) is 1. The predicted octanol–water partition coefficient (Wildman–Crippen LogP) is 2.76. The van der Waals surface area contributed by atoms with Crippen molar-refractivity contribution in [1.29, 1.82) is 0 Å². The smallest absolute Gasteiger partial charge is 0.111 e. The van der Waals surface area contributed by atoms with E-state index in [1.54, 1.807) is 11.3 Å². The molecule has 3 aromatic rings. The van der Waals surface area contributed by atoms with E-state index in [4.69, 9.17) is 10.7 Å². The number of nitrogens with two attached hydrogens (primary N) is 1. The summed E-state index contributed by atoms with van der Waals surface area (Å²) in [6.45, 7) is 3.03. The highest BCUT2D eigenvalue weighted by molar-refractivity contribution is 7.07. The third-order valence-electron chi connectivity index (χ3n) is 3.28. The number of nitrogens with zero attached hydrogens (tertiary/aromatic N) is 3. The van der Waals surface area contributed by atoms with Gasteiger partial charge in [-0.1, -0.05) is 12.1 Å². The molecule has 1 unspecified atom stereocenters. The molecule has 0 saturated heterocycles. The molecular weight excluding hydrogens is 256 g/mol. The molecule has 0 amide bonds. The molecule has 2 aromatic heterocycles. The van der Waals surface area contributed by atoms with Crippen LogP contribution in [0, 0.1) is 0 Å². The summed E-state index contributed by atoms with van der Waals surface area (Å²) in [5.41, 5.74) is 11.2. The lowest BCUT2D eigenvalue weighted by Crippen LogP contribution is -2.16. The van der Waals surface area contributed by atoms with Crippen LogP contribution in [-0.4, -0.2) is 14.5 Å². The van der Waals surface area contributed by atoms with Gasteiger partial charge in [-0.05, 0) is 19.1 Å². The number of benzene rings is 1. The summed E-state index contributed by atoms with van der Waals surface area (Å²) in [6, 6.07) is 8.11. The van der Waals surface area contributed by atoms with Crippen LogP contribution in [0.1, 0.15) is 24.5 Å². The van der Waals surface area contributed by atoms with Gasteiger partial charge in [-0.25, -0.2) is 9.97 Å². The average molecular weight is 272 g/mol. The second-order valence-electron chi connectivity index (χ2n) is 4.48. The average Bonchev–Trinajstić information content (AvgIpc) is 3.05. The van der Waals surface area contributed by atoms with Crippen molar-refractivity contribution in [2.75, 3.05) is 0 Å². The molecule has 0 aliphatic heterocycles. The Labute approximate surface area is 115 Å². The zero-order chi connectivity index (χ0) is 13.2. The van der Waals surface area contributed by atoms with Gasteiger partial charge in [0.2, 0.25) is 0 Å². The van der Waals surface area contributed by atoms with Crippen molar-refractivity contribution >= 4 is 22.4 Å². The topological polar surface area (TPSA) is 56.7 Å². The quantitative estimate of drug-likeness (QED) is 0.794. The Morgan fingerprint density at radius 2 is 2.21 bits per heavy atom. The van der Waals surface area contributed by atoms with E-state index >= 15 is 0 Å². The van der Waals surface area contributed by atoms with Crippen molar-refractivity contribution < 1.29 is 0 Å². The standard InChI is InChI=1S/C14H16N4S/c1-2-18-13-6-4-3-5-11(13)17-14(18)7-10(15)12-8-19-9-16-12/h3-6,8-10H,2,7,15H2,1H3. The van der Waals surface area contributed by atoms with Crippen LogP contribution < -0.4 is 5.73 Å². The molecule has 0 fully saturated rings. The minimum Gasteiger partial charge on any atom is -0.328 e. The van der Waals surface area contributed by atoms with Crippen molar-refractivity contribution in [3.63, 3.8) is 0 Å². The SMILES string of the molecule is CCn1c(CC(N)c2cscn2)nc2ccccc21. The zero-order valence-electron chi connectivity index (χ0n) is 10.8. The van der Waals surface area contributed by atoms with Crippen molar-refractivity contribution in [3.8, 4) is 0 Å². The van der Waals surface area contributed by atoms with Gasteiger partial charge in [-0.3, -0.25) is 0 Å². The highest BCUT2D eigenvalue weighted by Crippen LogP contribution is 2.20. The van der Waals surface area contributed by atoms with E-state index < -0.39 is 0 Å². The molecule has 5 heteroatoms. The molecule has 1 atom stereocenters. The van der Waals surface area contributed by atoms with Gasteiger partial charge in [-0.15, -0.1) is 11.3 Å². The summed E-state index contributed by atoms with van der Waals surface area (Å²) in [5, 5.41) is 2.00. The molecule has 19 heavy (non-hydrogen) atoms. The molecule has 0 saturated carbocycles. The molecular formula is C14H16N4S. The lowest BCUT2D eigenvalue weighted by atomic mass is 10.1. The Kier molecular flexibility index (Phi) is 3.31. The van der Waals surface area contributed by atoms with Crippen molar-refractivity contribution in [3.05, 3.63) is 46.7 Å². The fraction of sp³-hybridized carbons (Fsp3) is 0.286. The van der Waals surface area contributed by atoms with E-state index in [-0.39, 0.29) is 6.04 Å². The molecule has 0 radical (unpaired) electrons. The first-order chi connectivity index (χ1) is 9.29. The predicted molar refractivity (Wildman–Crippen MR) is 78.2 cm³/mol. The summed E-state index contributed by atoms with van der Waals surface area (Å²) >= 11 is 1.58. The number of thiazole rings is 1. The maximum atomic E-state index is 6.21. The monoisotopic (exact) mass is 272 g/mol. The Bertz CT molecular complexity index is 672. The van der Waals surface area contributed by atoms with Gasteiger partial charge in [0.1, 0.15) is 5.82 Å². The Morgan fingerprint density at radius 1 is 1.37 bits per heavy atom. The lowest BCUT2D eigenvalue weighted by molar-refractivity contribution is 0.628. The van der Waals surface area contributed by atoms with Crippen LogP contribution in [0.25, 0.3) is 11.0 Å². The van der Waals surface area contributed by atoms with E-state index in [2.05, 4.69) is 22.5 Å². The second-order valence-corrected chi connectivity index (χ2v) is 5.20. The number of imidazole rings is 1. The summed E-state index contributed by atoms with van der Waals surface area (Å²) in [4.78, 5) is 8.97. The molecule has 98 valence electrons. The van der Waals surface area contributed by atoms with Crippen LogP contribution in [0.15, 0.2) is 35.2 Å². The lowest BCUT2D eigenvalue weighted by Gasteiger charge is -2.10. The van der Waals surface area contributed by atoms with Crippen LogP contribution >= 0.6 is 11.3 Å². The van der Waals surface area contributed by atoms with Gasteiger partial charge < -0.3 is 10.3 Å². The first kappa shape index (κ1) is 12.3. The maximum Gasteiger partial charge on any atom is 0.111 e. The first-order valence-electron chi connectivity index (χ1n) is 6.37. The molecule has 4 nitrogen and oxygen atoms in total. The van der Waals surface area contributed by atoms with Gasteiger partial charge in [0.05, 0.1) is 28.3 Å². The summed E-state index contributed by atoms with van der Waals surface area (Å²) in [6.07, 6.45) is 0.715. The Hall–Kier alpha value is -1.72. The van der Waals surface area contributed by atoms with Crippen LogP contribution in [0.4, 0.5) is 0 Å². The van der Waals surface area contributed by atoms with Crippen molar-refractivity contribution in [2.24, 2.45) is 5.73 Å². The summed E-state index contributed by atoms with van der Waals surface area (Å²) < 4.78 is 2.22. The molecule has 2 heterocycles. The van der Waals surface area contributed by atoms with E-state index in [9.17, 15) is 0 Å². The second kappa shape index (κ2) is 5.11. The number of para-hydroxylation sites is 2. The highest BCUT2D eigenvalue weighted by atomic mass is 32.1. The molecule has 2 N–H and O–H groups in total. The van der Waals surface area contributed by atoms with Gasteiger partial charge in [-0.2, -0.15) is 0 Å². The van der Waals surface area contributed by atoms with Crippen molar-refractivity contribution in [1.82, 2.24) is 14.5 Å². The molecule has 0 bridgehead atoms. The Balaban J connectivity index is 1.96. The van der Waals surface area contributed by atoms with Gasteiger partial charge >= 0.3 is 0 Å². The molecule has 1 aromatic carbocycles. The van der Waals surface area contributed by atoms with Crippen LogP contribution in [-0.2, 0) is 13.0 Å². The van der Waals surface area contributed by atoms with Crippen LogP contribution in [0.5, 0.6) is 0 Å². The van der Waals surface area contributed by atoms with Crippen LogP contribution in [0.2, 0.25) is 0 Å². The van der Waals surface area contributed by atoms with Gasteiger partial charge in [0.25, 0.3) is 0 Å². The van der Waals surface area contributed by atoms with E-state index in [0.717, 1.165) is 23.6 Å². The largest absolute Gasteiger partial charge is 0.328 e. The fourth-order valence-corrected chi connectivity index (χ4v) is 2.96. The van der Waals surface area contributed by atoms with Gasteiger partial charge in [0, 0.05) is 18.3 Å². The maximum absolute atomic E-state index is 6.21. The number of fused-ring (bicyclic) bond motifs is 1. The Morgan fingerprint density at radius 3 is 2.95 bits per heavy atom. The number of aryl methyl sites for hydroxylation is 1. The van der Waals surface area contributed by atoms with Crippen LogP contribution in [0.3, 0.4) is 0 Å². The highest BCUT2D eigenvalue weighted by Gasteiger charge is 2.15. The third-order valence-corrected chi connectivity index (χ3v) is 3.89. The molecule has 0 spiro atoms. The van der Waals surface area contributed by atoms with E-state index in [1.165, 1.54) is 5.52 Å². The number of rotatable bonds is 4. The molecule has 0 aliphatic carbocycles. The minimum atomic E-state index is -0.0895. The zero-order valence-corrected chi connectivity index (χ0v) is 11.6. The molecule has 3 rings (SSSR count). The van der Waals surface area contributed by atoms with Gasteiger partial charge in [0.15, 0.2) is 0 Å². The normalized spacial score (nSPS) is 12.9. The third kappa shape index (κ3) is 2.27. The number of hydrogen-bond acceptors (Lipinski definition) is 4. The summed E-state index contributed by atoms with van der Waals surface area (Å²) in [7, 11) is 0. The van der Waals surface area contributed by atoms with E-state index in [0.29, 0.717) is 6.42 Å².